The van der Waals surface area contributed by atoms with E-state index in [9.17, 15) is 14.4 Å². The Morgan fingerprint density at radius 1 is 1.10 bits per heavy atom. The Labute approximate surface area is 178 Å². The fourth-order valence-electron chi connectivity index (χ4n) is 4.28. The van der Waals surface area contributed by atoms with Crippen LogP contribution in [0.1, 0.15) is 40.2 Å². The lowest BCUT2D eigenvalue weighted by Gasteiger charge is -2.29. The van der Waals surface area contributed by atoms with E-state index in [-0.39, 0.29) is 24.8 Å². The summed E-state index contributed by atoms with van der Waals surface area (Å²) in [6.45, 7) is 4.14. The summed E-state index contributed by atoms with van der Waals surface area (Å²) < 4.78 is 1.65. The van der Waals surface area contributed by atoms with Gasteiger partial charge in [-0.15, -0.1) is 5.10 Å². The van der Waals surface area contributed by atoms with E-state index in [4.69, 9.17) is 0 Å². The molecule has 3 amide bonds. The average molecular weight is 416 g/mol. The molecule has 1 atom stereocenters. The molecule has 9 heteroatoms. The highest BCUT2D eigenvalue weighted by Gasteiger charge is 2.40. The Balaban J connectivity index is 1.48. The maximum Gasteiger partial charge on any atom is 0.255 e. The second-order valence-electron chi connectivity index (χ2n) is 7.89. The fourth-order valence-corrected chi connectivity index (χ4v) is 4.28. The highest BCUT2D eigenvalue weighted by atomic mass is 16.2. The van der Waals surface area contributed by atoms with Crippen LogP contribution in [0, 0.1) is 13.8 Å². The third-order valence-electron chi connectivity index (χ3n) is 5.67. The smallest absolute Gasteiger partial charge is 0.255 e. The van der Waals surface area contributed by atoms with E-state index in [1.807, 2.05) is 38.2 Å². The van der Waals surface area contributed by atoms with E-state index in [2.05, 4.69) is 20.6 Å². The monoisotopic (exact) mass is 416 g/mol. The summed E-state index contributed by atoms with van der Waals surface area (Å²) in [4.78, 5) is 42.7. The molecule has 0 spiro atoms. The van der Waals surface area contributed by atoms with Gasteiger partial charge in [-0.2, -0.15) is 0 Å². The zero-order valence-corrected chi connectivity index (χ0v) is 17.1. The Bertz CT molecular complexity index is 1230. The van der Waals surface area contributed by atoms with Gasteiger partial charge < -0.3 is 4.90 Å². The SMILES string of the molecule is Cc1cc(-c2cn(-c3cccc4c3CN(C3CCC(=O)NC3=O)C4=O)nn2)cc(C)n1. The van der Waals surface area contributed by atoms with Crippen molar-refractivity contribution in [3.63, 3.8) is 0 Å². The molecule has 9 nitrogen and oxygen atoms in total. The Morgan fingerprint density at radius 2 is 1.87 bits per heavy atom. The summed E-state index contributed by atoms with van der Waals surface area (Å²) in [5, 5.41) is 10.9. The number of carbonyl (C=O) groups is 3. The average Bonchev–Trinajstić information content (AvgIpc) is 3.33. The van der Waals surface area contributed by atoms with Gasteiger partial charge in [-0.25, -0.2) is 4.68 Å². The molecule has 0 radical (unpaired) electrons. The van der Waals surface area contributed by atoms with Gasteiger partial charge in [0.25, 0.3) is 5.91 Å². The van der Waals surface area contributed by atoms with Gasteiger partial charge >= 0.3 is 0 Å². The predicted molar refractivity (Wildman–Crippen MR) is 110 cm³/mol. The molecular formula is C22H20N6O3. The first-order valence-electron chi connectivity index (χ1n) is 10.1. The van der Waals surface area contributed by atoms with Crippen molar-refractivity contribution < 1.29 is 14.4 Å². The van der Waals surface area contributed by atoms with Crippen LogP contribution >= 0.6 is 0 Å². The number of nitrogens with one attached hydrogen (secondary N) is 1. The highest BCUT2D eigenvalue weighted by molar-refractivity contribution is 6.05. The molecule has 1 N–H and O–H groups in total. The molecule has 3 aromatic rings. The summed E-state index contributed by atoms with van der Waals surface area (Å²) >= 11 is 0. The summed E-state index contributed by atoms with van der Waals surface area (Å²) in [5.74, 6) is -0.944. The first-order chi connectivity index (χ1) is 14.9. The standard InChI is InChI=1S/C22H20N6O3/c1-12-8-14(9-13(2)23-12)17-11-28(26-25-17)18-5-3-4-15-16(18)10-27(22(15)31)19-6-7-20(29)24-21(19)30/h3-5,8-9,11,19H,6-7,10H2,1-2H3,(H,24,29,30). The minimum atomic E-state index is -0.653. The maximum absolute atomic E-state index is 13.0. The van der Waals surface area contributed by atoms with Crippen LogP contribution in [0.4, 0.5) is 0 Å². The second kappa shape index (κ2) is 7.12. The number of benzene rings is 1. The van der Waals surface area contributed by atoms with Crippen LogP contribution in [0.2, 0.25) is 0 Å². The number of carbonyl (C=O) groups excluding carboxylic acids is 3. The van der Waals surface area contributed by atoms with Gasteiger partial charge in [0, 0.05) is 41.0 Å². The minimum absolute atomic E-state index is 0.216. The molecule has 2 aliphatic rings. The van der Waals surface area contributed by atoms with Crippen LogP contribution < -0.4 is 5.32 Å². The van der Waals surface area contributed by atoms with Gasteiger partial charge in [0.15, 0.2) is 0 Å². The molecule has 31 heavy (non-hydrogen) atoms. The number of hydrogen-bond acceptors (Lipinski definition) is 6. The third-order valence-corrected chi connectivity index (χ3v) is 5.67. The van der Waals surface area contributed by atoms with E-state index in [1.54, 1.807) is 16.8 Å². The summed E-state index contributed by atoms with van der Waals surface area (Å²) in [6.07, 6.45) is 2.37. The molecule has 0 aliphatic carbocycles. The van der Waals surface area contributed by atoms with Crippen molar-refractivity contribution in [2.24, 2.45) is 0 Å². The number of nitrogens with zero attached hydrogens (tertiary/aromatic N) is 5. The normalized spacial score (nSPS) is 18.3. The molecule has 5 rings (SSSR count). The number of hydrogen-bond donors (Lipinski definition) is 1. The zero-order valence-electron chi connectivity index (χ0n) is 17.1. The van der Waals surface area contributed by atoms with Crippen molar-refractivity contribution in [1.29, 1.82) is 0 Å². The van der Waals surface area contributed by atoms with Crippen molar-refractivity contribution in [2.75, 3.05) is 0 Å². The largest absolute Gasteiger partial charge is 0.322 e. The van der Waals surface area contributed by atoms with Gasteiger partial charge in [0.05, 0.1) is 11.9 Å². The number of aryl methyl sites for hydroxylation is 2. The molecular weight excluding hydrogens is 396 g/mol. The number of rotatable bonds is 3. The predicted octanol–water partition coefficient (Wildman–Crippen LogP) is 1.71. The third kappa shape index (κ3) is 3.27. The van der Waals surface area contributed by atoms with Gasteiger partial charge in [-0.1, -0.05) is 11.3 Å². The molecule has 4 heterocycles. The highest BCUT2D eigenvalue weighted by Crippen LogP contribution is 2.31. The first-order valence-corrected chi connectivity index (χ1v) is 10.1. The number of piperidine rings is 1. The minimum Gasteiger partial charge on any atom is -0.322 e. The second-order valence-corrected chi connectivity index (χ2v) is 7.89. The number of aromatic nitrogens is 4. The van der Waals surface area contributed by atoms with E-state index >= 15 is 0 Å². The number of amides is 3. The van der Waals surface area contributed by atoms with Crippen molar-refractivity contribution in [2.45, 2.75) is 39.3 Å². The number of pyridine rings is 1. The lowest BCUT2D eigenvalue weighted by Crippen LogP contribution is -2.52. The number of fused-ring (bicyclic) bond motifs is 1. The van der Waals surface area contributed by atoms with Gasteiger partial charge in [0.1, 0.15) is 11.7 Å². The van der Waals surface area contributed by atoms with Gasteiger partial charge in [0.2, 0.25) is 11.8 Å². The maximum atomic E-state index is 13.0. The van der Waals surface area contributed by atoms with Crippen molar-refractivity contribution in [1.82, 2.24) is 30.2 Å². The molecule has 2 aliphatic heterocycles. The first kappa shape index (κ1) is 19.1. The van der Waals surface area contributed by atoms with Crippen LogP contribution in [0.3, 0.4) is 0 Å². The quantitative estimate of drug-likeness (QED) is 0.651. The van der Waals surface area contributed by atoms with E-state index in [0.29, 0.717) is 17.7 Å². The zero-order chi connectivity index (χ0) is 21.7. The fraction of sp³-hybridized carbons (Fsp3) is 0.273. The van der Waals surface area contributed by atoms with Crippen LogP contribution in [0.25, 0.3) is 16.9 Å². The summed E-state index contributed by atoms with van der Waals surface area (Å²) in [5.41, 5.74) is 5.49. The number of imide groups is 1. The van der Waals surface area contributed by atoms with Crippen LogP contribution in [-0.4, -0.2) is 48.6 Å². The van der Waals surface area contributed by atoms with Crippen molar-refractivity contribution in [3.05, 3.63) is 59.0 Å². The van der Waals surface area contributed by atoms with E-state index < -0.39 is 11.9 Å². The molecule has 1 aromatic carbocycles. The molecule has 156 valence electrons. The molecule has 0 bridgehead atoms. The van der Waals surface area contributed by atoms with Crippen LogP contribution in [0.5, 0.6) is 0 Å². The van der Waals surface area contributed by atoms with E-state index in [1.165, 1.54) is 4.90 Å². The molecule has 1 saturated heterocycles. The Hall–Kier alpha value is -3.88. The van der Waals surface area contributed by atoms with Crippen LogP contribution in [0.15, 0.2) is 36.5 Å². The summed E-state index contributed by atoms with van der Waals surface area (Å²) in [7, 11) is 0. The molecule has 0 saturated carbocycles. The van der Waals surface area contributed by atoms with Gasteiger partial charge in [-0.05, 0) is 44.5 Å². The molecule has 2 aromatic heterocycles. The topological polar surface area (TPSA) is 110 Å². The van der Waals surface area contributed by atoms with Crippen molar-refractivity contribution in [3.8, 4) is 16.9 Å². The van der Waals surface area contributed by atoms with Gasteiger partial charge in [-0.3, -0.25) is 24.7 Å². The lowest BCUT2D eigenvalue weighted by atomic mass is 10.0. The van der Waals surface area contributed by atoms with Crippen LogP contribution in [-0.2, 0) is 16.1 Å². The Kier molecular flexibility index (Phi) is 4.39. The van der Waals surface area contributed by atoms with Crippen molar-refractivity contribution >= 4 is 17.7 Å². The lowest BCUT2D eigenvalue weighted by molar-refractivity contribution is -0.136. The Morgan fingerprint density at radius 3 is 2.61 bits per heavy atom. The molecule has 1 fully saturated rings. The molecule has 1 unspecified atom stereocenters. The summed E-state index contributed by atoms with van der Waals surface area (Å²) in [6, 6.07) is 8.67. The van der Waals surface area contributed by atoms with E-state index in [0.717, 1.165) is 28.2 Å².